The lowest BCUT2D eigenvalue weighted by Crippen LogP contribution is -2.52. The van der Waals surface area contributed by atoms with Crippen LogP contribution < -0.4 is 10.6 Å². The first-order chi connectivity index (χ1) is 19.3. The minimum atomic E-state index is -0.964. The minimum Gasteiger partial charge on any atom is -0.368 e. The molecule has 5 rings (SSSR count). The summed E-state index contributed by atoms with van der Waals surface area (Å²) in [6.45, 7) is 3.80. The number of aromatic nitrogens is 5. The van der Waals surface area contributed by atoms with Gasteiger partial charge in [0.2, 0.25) is 0 Å². The van der Waals surface area contributed by atoms with Crippen molar-refractivity contribution < 1.29 is 13.9 Å². The fraction of sp³-hybridized carbons (Fsp3) is 0.429. The largest absolute Gasteiger partial charge is 0.368 e. The van der Waals surface area contributed by atoms with E-state index in [1.54, 1.807) is 19.4 Å². The number of ether oxygens (including phenoxy) is 1. The zero-order chi connectivity index (χ0) is 28.3. The molecular weight excluding hydrogens is 513 g/mol. The number of amides is 1. The third kappa shape index (κ3) is 5.65. The van der Waals surface area contributed by atoms with Crippen molar-refractivity contribution in [3.8, 4) is 11.9 Å². The van der Waals surface area contributed by atoms with E-state index in [4.69, 9.17) is 9.73 Å². The minimum absolute atomic E-state index is 0.129. The zero-order valence-corrected chi connectivity index (χ0v) is 22.6. The maximum atomic E-state index is 13.5. The molecule has 0 saturated heterocycles. The smallest absolute Gasteiger partial charge is 0.252 e. The molecule has 1 aliphatic heterocycles. The summed E-state index contributed by atoms with van der Waals surface area (Å²) in [5.74, 6) is 0.977. The maximum absolute atomic E-state index is 13.5. The summed E-state index contributed by atoms with van der Waals surface area (Å²) in [7, 11) is 1.57. The number of amidine groups is 1. The Kier molecular flexibility index (Phi) is 7.75. The predicted octanol–water partition coefficient (Wildman–Crippen LogP) is 3.78. The standard InChI is InChI=1S/C28H32FN9O2/c1-17-12-24(37-36-17)34-23-6-4-20(13-30)26(35-23)19-8-10-28(40-3,11-9-19)27(39)33-18(2)21-5-7-25(31-14-21)38-16-22(29)15-32-38/h4-7,12,14-16,18-20,26H,8-11H2,1-3H3,(H,33,39)(H2,34,35,36,37)/t18-,19?,20?,26?,28?/m0/s1. The van der Waals surface area contributed by atoms with E-state index in [0.29, 0.717) is 43.2 Å². The van der Waals surface area contributed by atoms with E-state index in [2.05, 4.69) is 37.0 Å². The Bertz CT molecular complexity index is 1440. The number of hydrogen-bond acceptors (Lipinski definition) is 8. The van der Waals surface area contributed by atoms with E-state index in [1.807, 2.05) is 38.1 Å². The normalized spacial score (nSPS) is 25.1. The molecule has 0 spiro atoms. The van der Waals surface area contributed by atoms with E-state index in [9.17, 15) is 14.4 Å². The van der Waals surface area contributed by atoms with Gasteiger partial charge in [-0.3, -0.25) is 14.9 Å². The molecule has 3 aromatic heterocycles. The zero-order valence-electron chi connectivity index (χ0n) is 22.6. The molecule has 1 aliphatic carbocycles. The van der Waals surface area contributed by atoms with Crippen LogP contribution in [0.3, 0.4) is 0 Å². The number of aromatic amines is 1. The molecule has 12 heteroatoms. The number of dihydropyridines is 1. The molecule has 1 amide bonds. The summed E-state index contributed by atoms with van der Waals surface area (Å²) in [4.78, 5) is 22.7. The molecule has 40 heavy (non-hydrogen) atoms. The van der Waals surface area contributed by atoms with Crippen molar-refractivity contribution in [2.75, 3.05) is 12.4 Å². The van der Waals surface area contributed by atoms with Gasteiger partial charge in [-0.25, -0.2) is 14.1 Å². The first-order valence-corrected chi connectivity index (χ1v) is 13.3. The quantitative estimate of drug-likeness (QED) is 0.410. The molecule has 1 saturated carbocycles. The van der Waals surface area contributed by atoms with Crippen molar-refractivity contribution in [1.82, 2.24) is 30.3 Å². The van der Waals surface area contributed by atoms with E-state index < -0.39 is 11.4 Å². The number of halogens is 1. The van der Waals surface area contributed by atoms with Crippen molar-refractivity contribution in [2.24, 2.45) is 16.8 Å². The Morgan fingerprint density at radius 1 is 1.32 bits per heavy atom. The second-order valence-corrected chi connectivity index (χ2v) is 10.4. The first kappa shape index (κ1) is 27.2. The van der Waals surface area contributed by atoms with Crippen molar-refractivity contribution in [2.45, 2.75) is 57.2 Å². The van der Waals surface area contributed by atoms with Crippen LogP contribution in [0.25, 0.3) is 5.82 Å². The second-order valence-electron chi connectivity index (χ2n) is 10.4. The average Bonchev–Trinajstić information content (AvgIpc) is 3.60. The molecule has 2 aliphatic rings. The van der Waals surface area contributed by atoms with Gasteiger partial charge >= 0.3 is 0 Å². The number of rotatable bonds is 7. The number of carbonyl (C=O) groups is 1. The highest BCUT2D eigenvalue weighted by Crippen LogP contribution is 2.40. The van der Waals surface area contributed by atoms with Gasteiger partial charge in [0.15, 0.2) is 17.5 Å². The number of methoxy groups -OCH3 is 1. The number of H-pyrrole nitrogens is 1. The highest BCUT2D eigenvalue weighted by molar-refractivity contribution is 6.04. The average molecular weight is 546 g/mol. The van der Waals surface area contributed by atoms with E-state index in [1.165, 1.54) is 10.9 Å². The molecule has 2 unspecified atom stereocenters. The molecule has 3 aromatic rings. The van der Waals surface area contributed by atoms with Crippen molar-refractivity contribution in [3.05, 3.63) is 66.0 Å². The summed E-state index contributed by atoms with van der Waals surface area (Å²) in [6.07, 6.45) is 10.1. The van der Waals surface area contributed by atoms with Crippen LogP contribution in [0.15, 0.2) is 53.9 Å². The number of carbonyl (C=O) groups excluding carboxylic acids is 1. The highest BCUT2D eigenvalue weighted by atomic mass is 19.1. The van der Waals surface area contributed by atoms with E-state index in [0.717, 1.165) is 17.5 Å². The van der Waals surface area contributed by atoms with Gasteiger partial charge in [-0.1, -0.05) is 12.1 Å². The first-order valence-electron chi connectivity index (χ1n) is 13.3. The SMILES string of the molecule is COC1(C(=O)N[C@@H](C)c2ccc(-n3cc(F)cn3)nc2)CCC(C2N=C(Nc3cc(C)[nH]n3)C=CC2C#N)CC1. The number of hydrogen-bond donors (Lipinski definition) is 3. The Hall–Kier alpha value is -4.37. The van der Waals surface area contributed by atoms with Crippen LogP contribution in [0, 0.1) is 35.9 Å². The number of aryl methyl sites for hydroxylation is 1. The second kappa shape index (κ2) is 11.4. The maximum Gasteiger partial charge on any atom is 0.252 e. The molecule has 3 N–H and O–H groups in total. The molecule has 1 fully saturated rings. The highest BCUT2D eigenvalue weighted by Gasteiger charge is 2.45. The summed E-state index contributed by atoms with van der Waals surface area (Å²) < 4.78 is 20.5. The van der Waals surface area contributed by atoms with Gasteiger partial charge in [0.1, 0.15) is 11.4 Å². The van der Waals surface area contributed by atoms with Gasteiger partial charge in [0, 0.05) is 25.1 Å². The Morgan fingerprint density at radius 2 is 2.12 bits per heavy atom. The van der Waals surface area contributed by atoms with E-state index in [-0.39, 0.29) is 29.8 Å². The molecule has 3 atom stereocenters. The van der Waals surface area contributed by atoms with Crippen LogP contribution in [0.1, 0.15) is 49.9 Å². The number of nitrogens with zero attached hydrogens (tertiary/aromatic N) is 6. The Balaban J connectivity index is 1.22. The number of nitrogens with one attached hydrogen (secondary N) is 3. The third-order valence-electron chi connectivity index (χ3n) is 7.76. The van der Waals surface area contributed by atoms with Gasteiger partial charge < -0.3 is 15.4 Å². The molecule has 0 aromatic carbocycles. The Labute approximate surface area is 231 Å². The van der Waals surface area contributed by atoms with Crippen LogP contribution >= 0.6 is 0 Å². The van der Waals surface area contributed by atoms with Crippen LogP contribution in [0.4, 0.5) is 10.2 Å². The fourth-order valence-electron chi connectivity index (χ4n) is 5.40. The van der Waals surface area contributed by atoms with Crippen LogP contribution in [0.2, 0.25) is 0 Å². The molecule has 0 bridgehead atoms. The predicted molar refractivity (Wildman–Crippen MR) is 146 cm³/mol. The lowest BCUT2D eigenvalue weighted by atomic mass is 9.72. The molecule has 11 nitrogen and oxygen atoms in total. The fourth-order valence-corrected chi connectivity index (χ4v) is 5.40. The topological polar surface area (TPSA) is 146 Å². The van der Waals surface area contributed by atoms with Crippen molar-refractivity contribution in [3.63, 3.8) is 0 Å². The number of pyridine rings is 1. The van der Waals surface area contributed by atoms with Gasteiger partial charge in [0.05, 0.1) is 36.5 Å². The van der Waals surface area contributed by atoms with Gasteiger partial charge in [-0.2, -0.15) is 15.5 Å². The van der Waals surface area contributed by atoms with Gasteiger partial charge in [-0.05, 0) is 63.2 Å². The van der Waals surface area contributed by atoms with Crippen LogP contribution in [-0.4, -0.2) is 55.5 Å². The Morgan fingerprint density at radius 3 is 2.73 bits per heavy atom. The van der Waals surface area contributed by atoms with Gasteiger partial charge in [-0.15, -0.1) is 0 Å². The number of aliphatic imine (C=N–C) groups is 1. The third-order valence-corrected chi connectivity index (χ3v) is 7.76. The van der Waals surface area contributed by atoms with Gasteiger partial charge in [0.25, 0.3) is 5.91 Å². The summed E-state index contributed by atoms with van der Waals surface area (Å²) in [6, 6.07) is 7.28. The molecular formula is C28H32FN9O2. The van der Waals surface area contributed by atoms with Crippen molar-refractivity contribution >= 4 is 17.6 Å². The molecule has 208 valence electrons. The lowest BCUT2D eigenvalue weighted by molar-refractivity contribution is -0.149. The van der Waals surface area contributed by atoms with E-state index >= 15 is 0 Å². The van der Waals surface area contributed by atoms with Crippen LogP contribution in [0.5, 0.6) is 0 Å². The number of anilines is 1. The van der Waals surface area contributed by atoms with Crippen molar-refractivity contribution in [1.29, 1.82) is 5.26 Å². The molecule has 4 heterocycles. The summed E-state index contributed by atoms with van der Waals surface area (Å²) in [5.41, 5.74) is 0.774. The lowest BCUT2D eigenvalue weighted by Gasteiger charge is -2.41. The summed E-state index contributed by atoms with van der Waals surface area (Å²) >= 11 is 0. The monoisotopic (exact) mass is 545 g/mol. The summed E-state index contributed by atoms with van der Waals surface area (Å²) in [5, 5.41) is 27.1. The molecule has 0 radical (unpaired) electrons. The van der Waals surface area contributed by atoms with Crippen LogP contribution in [-0.2, 0) is 9.53 Å². The number of nitriles is 1.